The molecule has 1 aliphatic rings. The summed E-state index contributed by atoms with van der Waals surface area (Å²) in [6, 6.07) is 1.93. The van der Waals surface area contributed by atoms with Gasteiger partial charge >= 0.3 is 0 Å². The van der Waals surface area contributed by atoms with Crippen LogP contribution >= 0.6 is 0 Å². The van der Waals surface area contributed by atoms with E-state index in [1.807, 2.05) is 28.9 Å². The molecule has 0 unspecified atom stereocenters. The predicted molar refractivity (Wildman–Crippen MR) is 99.5 cm³/mol. The van der Waals surface area contributed by atoms with E-state index in [1.54, 1.807) is 6.20 Å². The maximum Gasteiger partial charge on any atom is 0.255 e. The van der Waals surface area contributed by atoms with E-state index in [0.29, 0.717) is 11.5 Å². The van der Waals surface area contributed by atoms with E-state index in [-0.39, 0.29) is 5.91 Å². The van der Waals surface area contributed by atoms with Gasteiger partial charge in [-0.25, -0.2) is 9.67 Å². The van der Waals surface area contributed by atoms with Crippen molar-refractivity contribution in [3.05, 3.63) is 24.0 Å². The summed E-state index contributed by atoms with van der Waals surface area (Å²) in [5.41, 5.74) is 1.53. The monoisotopic (exact) mass is 343 g/mol. The van der Waals surface area contributed by atoms with Gasteiger partial charge in [0.05, 0.1) is 11.8 Å². The first-order chi connectivity index (χ1) is 12.1. The Balaban J connectivity index is 1.66. The number of likely N-dealkylation sites (tertiary alicyclic amines) is 1. The fourth-order valence-electron chi connectivity index (χ4n) is 3.52. The average Bonchev–Trinajstić information content (AvgIpc) is 3.01. The number of aromatic nitrogens is 3. The Hall–Kier alpha value is -1.95. The van der Waals surface area contributed by atoms with Crippen molar-refractivity contribution in [3.8, 4) is 0 Å². The molecule has 0 saturated carbocycles. The summed E-state index contributed by atoms with van der Waals surface area (Å²) >= 11 is 0. The normalized spacial score (nSPS) is 16.1. The van der Waals surface area contributed by atoms with Crippen LogP contribution in [0.4, 0.5) is 0 Å². The summed E-state index contributed by atoms with van der Waals surface area (Å²) in [7, 11) is 1.99. The average molecular weight is 343 g/mol. The molecule has 1 amide bonds. The molecule has 1 N–H and O–H groups in total. The zero-order valence-electron chi connectivity index (χ0n) is 15.5. The van der Waals surface area contributed by atoms with Crippen molar-refractivity contribution in [1.29, 1.82) is 0 Å². The number of pyridine rings is 1. The smallest absolute Gasteiger partial charge is 0.255 e. The Kier molecular flexibility index (Phi) is 5.68. The van der Waals surface area contributed by atoms with Crippen molar-refractivity contribution < 1.29 is 4.79 Å². The largest absolute Gasteiger partial charge is 0.339 e. The maximum absolute atomic E-state index is 12.8. The van der Waals surface area contributed by atoms with Gasteiger partial charge in [0.2, 0.25) is 0 Å². The highest BCUT2D eigenvalue weighted by Crippen LogP contribution is 2.22. The van der Waals surface area contributed by atoms with Gasteiger partial charge in [0.15, 0.2) is 5.65 Å². The minimum atomic E-state index is 0.0954. The number of amides is 1. The van der Waals surface area contributed by atoms with Crippen LogP contribution in [0.25, 0.3) is 11.0 Å². The second kappa shape index (κ2) is 7.95. The van der Waals surface area contributed by atoms with Crippen LogP contribution in [0.2, 0.25) is 0 Å². The topological polar surface area (TPSA) is 63.1 Å². The van der Waals surface area contributed by atoms with Gasteiger partial charge < -0.3 is 10.2 Å². The van der Waals surface area contributed by atoms with Gasteiger partial charge in [0.25, 0.3) is 5.91 Å². The lowest BCUT2D eigenvalue weighted by atomic mass is 9.93. The molecule has 0 atom stereocenters. The zero-order valence-corrected chi connectivity index (χ0v) is 15.5. The van der Waals surface area contributed by atoms with Gasteiger partial charge in [-0.05, 0) is 50.8 Å². The van der Waals surface area contributed by atoms with Crippen molar-refractivity contribution in [2.24, 2.45) is 11.8 Å². The number of hydrogen-bond donors (Lipinski definition) is 1. The van der Waals surface area contributed by atoms with Crippen molar-refractivity contribution in [2.45, 2.75) is 39.7 Å². The van der Waals surface area contributed by atoms with Crippen molar-refractivity contribution in [1.82, 2.24) is 25.0 Å². The standard InChI is InChI=1S/C19H29N5O/c1-14(2)13-24-18-16(12-22-24)10-17(11-21-18)19(25)23-8-5-15(6-9-23)4-7-20-3/h10-12,14-15,20H,4-9,13H2,1-3H3. The van der Waals surface area contributed by atoms with Gasteiger partial charge in [-0.1, -0.05) is 13.8 Å². The lowest BCUT2D eigenvalue weighted by Gasteiger charge is -2.32. The SMILES string of the molecule is CNCCC1CCN(C(=O)c2cnc3c(cnn3CC(C)C)c2)CC1. The van der Waals surface area contributed by atoms with Crippen molar-refractivity contribution in [2.75, 3.05) is 26.7 Å². The number of hydrogen-bond acceptors (Lipinski definition) is 4. The molecule has 2 aromatic heterocycles. The second-order valence-corrected chi connectivity index (χ2v) is 7.49. The molecule has 3 heterocycles. The van der Waals surface area contributed by atoms with E-state index < -0.39 is 0 Å². The Bertz CT molecular complexity index is 716. The highest BCUT2D eigenvalue weighted by atomic mass is 16.2. The van der Waals surface area contributed by atoms with Gasteiger partial charge in [-0.2, -0.15) is 5.10 Å². The van der Waals surface area contributed by atoms with Crippen LogP contribution in [0, 0.1) is 11.8 Å². The van der Waals surface area contributed by atoms with Crippen LogP contribution in [0.3, 0.4) is 0 Å². The number of nitrogens with one attached hydrogen (secondary N) is 1. The Morgan fingerprint density at radius 1 is 1.32 bits per heavy atom. The van der Waals surface area contributed by atoms with Crippen LogP contribution in [0.5, 0.6) is 0 Å². The predicted octanol–water partition coefficient (Wildman–Crippen LogP) is 2.55. The van der Waals surface area contributed by atoms with Crippen molar-refractivity contribution in [3.63, 3.8) is 0 Å². The summed E-state index contributed by atoms with van der Waals surface area (Å²) in [6.07, 6.45) is 6.90. The number of piperidine rings is 1. The quantitative estimate of drug-likeness (QED) is 0.875. The fraction of sp³-hybridized carbons (Fsp3) is 0.632. The van der Waals surface area contributed by atoms with Crippen LogP contribution in [-0.4, -0.2) is 52.3 Å². The first-order valence-corrected chi connectivity index (χ1v) is 9.34. The fourth-order valence-corrected chi connectivity index (χ4v) is 3.52. The van der Waals surface area contributed by atoms with Gasteiger partial charge in [0, 0.05) is 31.2 Å². The molecule has 1 saturated heterocycles. The molecule has 6 heteroatoms. The maximum atomic E-state index is 12.8. The lowest BCUT2D eigenvalue weighted by Crippen LogP contribution is -2.39. The Morgan fingerprint density at radius 3 is 2.76 bits per heavy atom. The Labute approximate surface area is 149 Å². The number of carbonyl (C=O) groups excluding carboxylic acids is 1. The molecule has 25 heavy (non-hydrogen) atoms. The molecule has 3 rings (SSSR count). The van der Waals surface area contributed by atoms with E-state index in [2.05, 4.69) is 29.2 Å². The van der Waals surface area contributed by atoms with E-state index >= 15 is 0 Å². The molecule has 0 aromatic carbocycles. The third-order valence-electron chi connectivity index (χ3n) is 4.97. The van der Waals surface area contributed by atoms with Crippen LogP contribution in [0.15, 0.2) is 18.5 Å². The Morgan fingerprint density at radius 2 is 2.08 bits per heavy atom. The van der Waals surface area contributed by atoms with Gasteiger partial charge in [-0.3, -0.25) is 4.79 Å². The first-order valence-electron chi connectivity index (χ1n) is 9.34. The van der Waals surface area contributed by atoms with Crippen LogP contribution in [-0.2, 0) is 6.54 Å². The molecular weight excluding hydrogens is 314 g/mol. The molecule has 0 aliphatic carbocycles. The third-order valence-corrected chi connectivity index (χ3v) is 4.97. The molecule has 2 aromatic rings. The summed E-state index contributed by atoms with van der Waals surface area (Å²) in [5, 5.41) is 8.56. The molecule has 0 spiro atoms. The highest BCUT2D eigenvalue weighted by Gasteiger charge is 2.24. The molecule has 0 bridgehead atoms. The summed E-state index contributed by atoms with van der Waals surface area (Å²) in [5.74, 6) is 1.33. The second-order valence-electron chi connectivity index (χ2n) is 7.49. The van der Waals surface area contributed by atoms with E-state index in [1.165, 1.54) is 6.42 Å². The first kappa shape index (κ1) is 17.9. The van der Waals surface area contributed by atoms with Crippen molar-refractivity contribution >= 4 is 16.9 Å². The molecule has 1 aliphatic heterocycles. The molecule has 6 nitrogen and oxygen atoms in total. The third kappa shape index (κ3) is 4.18. The van der Waals surface area contributed by atoms with E-state index in [0.717, 1.165) is 56.0 Å². The minimum Gasteiger partial charge on any atom is -0.339 e. The van der Waals surface area contributed by atoms with E-state index in [9.17, 15) is 4.79 Å². The zero-order chi connectivity index (χ0) is 17.8. The molecule has 0 radical (unpaired) electrons. The summed E-state index contributed by atoms with van der Waals surface area (Å²) < 4.78 is 1.92. The molecule has 136 valence electrons. The van der Waals surface area contributed by atoms with E-state index in [4.69, 9.17) is 0 Å². The molecule has 1 fully saturated rings. The number of carbonyl (C=O) groups is 1. The minimum absolute atomic E-state index is 0.0954. The van der Waals surface area contributed by atoms with Gasteiger partial charge in [-0.15, -0.1) is 0 Å². The number of nitrogens with zero attached hydrogens (tertiary/aromatic N) is 4. The number of fused-ring (bicyclic) bond motifs is 1. The molecular formula is C19H29N5O. The van der Waals surface area contributed by atoms with Gasteiger partial charge in [0.1, 0.15) is 0 Å². The highest BCUT2D eigenvalue weighted by molar-refractivity contribution is 5.96. The summed E-state index contributed by atoms with van der Waals surface area (Å²) in [4.78, 5) is 19.3. The summed E-state index contributed by atoms with van der Waals surface area (Å²) in [6.45, 7) is 7.90. The number of rotatable bonds is 6. The lowest BCUT2D eigenvalue weighted by molar-refractivity contribution is 0.0687. The van der Waals surface area contributed by atoms with Crippen LogP contribution in [0.1, 0.15) is 43.5 Å². The van der Waals surface area contributed by atoms with Crippen LogP contribution < -0.4 is 5.32 Å².